The van der Waals surface area contributed by atoms with Gasteiger partial charge in [-0.25, -0.2) is 4.79 Å². The van der Waals surface area contributed by atoms with E-state index in [1.54, 1.807) is 4.90 Å². The van der Waals surface area contributed by atoms with Crippen molar-refractivity contribution in [2.24, 2.45) is 0 Å². The first-order valence-corrected chi connectivity index (χ1v) is 6.88. The predicted octanol–water partition coefficient (Wildman–Crippen LogP) is 0.683. The van der Waals surface area contributed by atoms with Crippen molar-refractivity contribution in [2.45, 2.75) is 25.3 Å². The van der Waals surface area contributed by atoms with Crippen LogP contribution in [0.25, 0.3) is 0 Å². The third-order valence-corrected chi connectivity index (χ3v) is 4.05. The zero-order chi connectivity index (χ0) is 14.1. The number of nitrogens with zero attached hydrogens (tertiary/aromatic N) is 3. The second kappa shape index (κ2) is 5.24. The minimum Gasteiger partial charge on any atom is -0.475 e. The fourth-order valence-electron chi connectivity index (χ4n) is 2.97. The molecule has 2 saturated heterocycles. The Hall–Kier alpha value is -1.89. The molecule has 1 atom stereocenters. The number of hydrogen-bond donors (Lipinski definition) is 1. The molecule has 1 aromatic rings. The highest BCUT2D eigenvalue weighted by Crippen LogP contribution is 2.21. The zero-order valence-electron chi connectivity index (χ0n) is 11.1. The summed E-state index contributed by atoms with van der Waals surface area (Å²) >= 11 is 0. The highest BCUT2D eigenvalue weighted by Gasteiger charge is 2.33. The Balaban J connectivity index is 1.64. The molecule has 0 saturated carbocycles. The maximum Gasteiger partial charge on any atom is 0.374 e. The maximum absolute atomic E-state index is 12.2. The normalized spacial score (nSPS) is 23.4. The van der Waals surface area contributed by atoms with Gasteiger partial charge in [-0.15, -0.1) is 0 Å². The van der Waals surface area contributed by atoms with Crippen LogP contribution in [0.2, 0.25) is 0 Å². The van der Waals surface area contributed by atoms with Gasteiger partial charge in [0.15, 0.2) is 5.69 Å². The van der Waals surface area contributed by atoms with Gasteiger partial charge in [0.2, 0.25) is 5.76 Å². The van der Waals surface area contributed by atoms with Crippen LogP contribution < -0.4 is 0 Å². The largest absolute Gasteiger partial charge is 0.475 e. The molecule has 1 N–H and O–H groups in total. The minimum absolute atomic E-state index is 0.0736. The first-order valence-electron chi connectivity index (χ1n) is 6.88. The second-order valence-corrected chi connectivity index (χ2v) is 5.32. The van der Waals surface area contributed by atoms with Gasteiger partial charge in [0, 0.05) is 25.2 Å². The lowest BCUT2D eigenvalue weighted by molar-refractivity contribution is 0.0649. The molecular formula is C13H17N3O4. The van der Waals surface area contributed by atoms with Crippen molar-refractivity contribution in [2.75, 3.05) is 26.2 Å². The molecule has 7 nitrogen and oxygen atoms in total. The summed E-state index contributed by atoms with van der Waals surface area (Å²) in [5, 5.41) is 12.3. The molecule has 3 rings (SSSR count). The number of carboxylic acids is 1. The standard InChI is InChI=1S/C13H17N3O4/c17-12(10-7-11(13(18)19)20-14-10)16-6-3-9(8-16)15-4-1-2-5-15/h7,9H,1-6,8H2,(H,18,19). The predicted molar refractivity (Wildman–Crippen MR) is 68.6 cm³/mol. The summed E-state index contributed by atoms with van der Waals surface area (Å²) in [4.78, 5) is 27.1. The SMILES string of the molecule is O=C(O)c1cc(C(=O)N2CCC(N3CCCC3)C2)no1. The number of aromatic nitrogens is 1. The van der Waals surface area contributed by atoms with Crippen molar-refractivity contribution < 1.29 is 19.2 Å². The van der Waals surface area contributed by atoms with E-state index in [0.29, 0.717) is 19.1 Å². The van der Waals surface area contributed by atoms with E-state index >= 15 is 0 Å². The van der Waals surface area contributed by atoms with Gasteiger partial charge in [-0.1, -0.05) is 5.16 Å². The zero-order valence-corrected chi connectivity index (χ0v) is 11.1. The smallest absolute Gasteiger partial charge is 0.374 e. The van der Waals surface area contributed by atoms with Gasteiger partial charge in [0.1, 0.15) is 0 Å². The molecule has 2 aliphatic heterocycles. The van der Waals surface area contributed by atoms with E-state index in [1.165, 1.54) is 18.9 Å². The lowest BCUT2D eigenvalue weighted by Gasteiger charge is -2.23. The lowest BCUT2D eigenvalue weighted by atomic mass is 10.2. The van der Waals surface area contributed by atoms with E-state index in [-0.39, 0.29) is 17.4 Å². The Morgan fingerprint density at radius 1 is 1.30 bits per heavy atom. The van der Waals surface area contributed by atoms with Gasteiger partial charge in [0.05, 0.1) is 0 Å². The first kappa shape index (κ1) is 13.1. The van der Waals surface area contributed by atoms with Gasteiger partial charge in [-0.3, -0.25) is 9.69 Å². The molecule has 20 heavy (non-hydrogen) atoms. The topological polar surface area (TPSA) is 86.9 Å². The van der Waals surface area contributed by atoms with Crippen LogP contribution in [0.15, 0.2) is 10.6 Å². The number of amides is 1. The Kier molecular flexibility index (Phi) is 3.43. The summed E-state index contributed by atoms with van der Waals surface area (Å²) in [6.45, 7) is 3.60. The van der Waals surface area contributed by atoms with Crippen molar-refractivity contribution >= 4 is 11.9 Å². The number of carbonyl (C=O) groups excluding carboxylic acids is 1. The van der Waals surface area contributed by atoms with E-state index in [4.69, 9.17) is 5.11 Å². The molecule has 3 heterocycles. The maximum atomic E-state index is 12.2. The molecule has 0 spiro atoms. The molecule has 2 fully saturated rings. The van der Waals surface area contributed by atoms with Gasteiger partial charge >= 0.3 is 5.97 Å². The molecular weight excluding hydrogens is 262 g/mol. The van der Waals surface area contributed by atoms with Crippen LogP contribution in [0.3, 0.4) is 0 Å². The molecule has 0 aliphatic carbocycles. The van der Waals surface area contributed by atoms with Crippen LogP contribution in [0.4, 0.5) is 0 Å². The number of aromatic carboxylic acids is 1. The fourth-order valence-corrected chi connectivity index (χ4v) is 2.97. The third kappa shape index (κ3) is 2.40. The minimum atomic E-state index is -1.21. The Bertz CT molecular complexity index is 521. The second-order valence-electron chi connectivity index (χ2n) is 5.32. The molecule has 108 valence electrons. The van der Waals surface area contributed by atoms with E-state index < -0.39 is 5.97 Å². The molecule has 1 aromatic heterocycles. The number of carboxylic acid groups (broad SMARTS) is 1. The van der Waals surface area contributed by atoms with E-state index in [1.807, 2.05) is 0 Å². The lowest BCUT2D eigenvalue weighted by Crippen LogP contribution is -2.37. The van der Waals surface area contributed by atoms with Crippen LogP contribution in [-0.4, -0.2) is 64.2 Å². The fraction of sp³-hybridized carbons (Fsp3) is 0.615. The Morgan fingerprint density at radius 3 is 2.70 bits per heavy atom. The van der Waals surface area contributed by atoms with Crippen molar-refractivity contribution in [1.82, 2.24) is 15.0 Å². The number of hydrogen-bond acceptors (Lipinski definition) is 5. The summed E-state index contributed by atoms with van der Waals surface area (Å²) in [5.74, 6) is -1.76. The Labute approximate surface area is 116 Å². The summed E-state index contributed by atoms with van der Waals surface area (Å²) < 4.78 is 4.63. The van der Waals surface area contributed by atoms with Crippen LogP contribution in [-0.2, 0) is 0 Å². The van der Waals surface area contributed by atoms with Crippen LogP contribution in [0.1, 0.15) is 40.3 Å². The molecule has 7 heteroatoms. The van der Waals surface area contributed by atoms with E-state index in [2.05, 4.69) is 14.6 Å². The Morgan fingerprint density at radius 2 is 2.05 bits per heavy atom. The van der Waals surface area contributed by atoms with Crippen molar-refractivity contribution in [3.05, 3.63) is 17.5 Å². The number of carbonyl (C=O) groups is 2. The van der Waals surface area contributed by atoms with E-state index in [0.717, 1.165) is 19.5 Å². The summed E-state index contributed by atoms with van der Waals surface area (Å²) in [6.07, 6.45) is 3.43. The summed E-state index contributed by atoms with van der Waals surface area (Å²) in [7, 11) is 0. The molecule has 0 aromatic carbocycles. The molecule has 0 radical (unpaired) electrons. The van der Waals surface area contributed by atoms with Crippen LogP contribution in [0, 0.1) is 0 Å². The van der Waals surface area contributed by atoms with Gasteiger partial charge < -0.3 is 14.5 Å². The van der Waals surface area contributed by atoms with Gasteiger partial charge in [-0.05, 0) is 32.4 Å². The average Bonchev–Trinajstić information content (AvgIpc) is 3.17. The molecule has 1 amide bonds. The highest BCUT2D eigenvalue weighted by molar-refractivity contribution is 5.95. The van der Waals surface area contributed by atoms with Crippen molar-refractivity contribution in [3.63, 3.8) is 0 Å². The third-order valence-electron chi connectivity index (χ3n) is 4.05. The first-order chi connectivity index (χ1) is 9.65. The van der Waals surface area contributed by atoms with Gasteiger partial charge in [-0.2, -0.15) is 0 Å². The van der Waals surface area contributed by atoms with Crippen LogP contribution >= 0.6 is 0 Å². The summed E-state index contributed by atoms with van der Waals surface area (Å²) in [6, 6.07) is 1.61. The average molecular weight is 279 g/mol. The number of likely N-dealkylation sites (tertiary alicyclic amines) is 2. The molecule has 2 aliphatic rings. The molecule has 1 unspecified atom stereocenters. The van der Waals surface area contributed by atoms with Crippen molar-refractivity contribution in [3.8, 4) is 0 Å². The quantitative estimate of drug-likeness (QED) is 0.875. The summed E-state index contributed by atoms with van der Waals surface area (Å²) in [5.41, 5.74) is 0.0736. The van der Waals surface area contributed by atoms with Crippen LogP contribution in [0.5, 0.6) is 0 Å². The number of rotatable bonds is 3. The monoisotopic (exact) mass is 279 g/mol. The van der Waals surface area contributed by atoms with Crippen molar-refractivity contribution in [1.29, 1.82) is 0 Å². The van der Waals surface area contributed by atoms with E-state index in [9.17, 15) is 9.59 Å². The molecule has 0 bridgehead atoms. The van der Waals surface area contributed by atoms with Gasteiger partial charge in [0.25, 0.3) is 5.91 Å². The highest BCUT2D eigenvalue weighted by atomic mass is 16.5.